The fraction of sp³-hybridized carbons (Fsp3) is 0.308. The molecule has 0 radical (unpaired) electrons. The molecular formula is C13H18ClN3O. The van der Waals surface area contributed by atoms with Gasteiger partial charge in [-0.2, -0.15) is 0 Å². The fourth-order valence-corrected chi connectivity index (χ4v) is 1.68. The average molecular weight is 268 g/mol. The van der Waals surface area contributed by atoms with Crippen molar-refractivity contribution in [2.75, 3.05) is 24.3 Å². The molecule has 0 heterocycles. The van der Waals surface area contributed by atoms with Gasteiger partial charge in [-0.25, -0.2) is 0 Å². The summed E-state index contributed by atoms with van der Waals surface area (Å²) < 4.78 is 0. The number of carbonyl (C=O) groups is 1. The molecule has 1 rings (SSSR count). The zero-order valence-electron chi connectivity index (χ0n) is 10.6. The van der Waals surface area contributed by atoms with Crippen molar-refractivity contribution in [1.82, 2.24) is 0 Å². The van der Waals surface area contributed by atoms with Gasteiger partial charge in [-0.05, 0) is 24.6 Å². The van der Waals surface area contributed by atoms with E-state index in [1.807, 2.05) is 25.1 Å². The lowest BCUT2D eigenvalue weighted by atomic mass is 10.2. The molecule has 0 saturated heterocycles. The summed E-state index contributed by atoms with van der Waals surface area (Å²) in [6.07, 6.45) is 2.05. The molecule has 0 aliphatic rings. The Morgan fingerprint density at radius 2 is 2.28 bits per heavy atom. The van der Waals surface area contributed by atoms with Crippen molar-refractivity contribution in [2.24, 2.45) is 5.73 Å². The number of nitrogens with two attached hydrogens (primary N) is 1. The second-order valence-electron chi connectivity index (χ2n) is 4.18. The summed E-state index contributed by atoms with van der Waals surface area (Å²) in [4.78, 5) is 13.7. The van der Waals surface area contributed by atoms with E-state index < -0.39 is 6.04 Å². The van der Waals surface area contributed by atoms with Gasteiger partial charge in [-0.3, -0.25) is 4.79 Å². The van der Waals surface area contributed by atoms with Gasteiger partial charge in [0, 0.05) is 19.1 Å². The highest BCUT2D eigenvalue weighted by atomic mass is 35.5. The van der Waals surface area contributed by atoms with Crippen LogP contribution in [0.2, 0.25) is 5.02 Å². The topological polar surface area (TPSA) is 58.4 Å². The Labute approximate surface area is 112 Å². The van der Waals surface area contributed by atoms with Gasteiger partial charge in [0.2, 0.25) is 5.91 Å². The zero-order chi connectivity index (χ0) is 13.7. The first kappa shape index (κ1) is 14.5. The van der Waals surface area contributed by atoms with E-state index in [2.05, 4.69) is 11.9 Å². The number of rotatable bonds is 5. The summed E-state index contributed by atoms with van der Waals surface area (Å²) in [5, 5.41) is 3.34. The molecule has 1 unspecified atom stereocenters. The summed E-state index contributed by atoms with van der Waals surface area (Å²) in [7, 11) is 3.78. The van der Waals surface area contributed by atoms with Gasteiger partial charge in [0.25, 0.3) is 0 Å². The molecule has 0 saturated carbocycles. The van der Waals surface area contributed by atoms with Crippen LogP contribution in [0.1, 0.15) is 6.42 Å². The van der Waals surface area contributed by atoms with Crippen molar-refractivity contribution in [2.45, 2.75) is 12.5 Å². The average Bonchev–Trinajstić information content (AvgIpc) is 2.28. The maximum atomic E-state index is 11.8. The molecule has 3 N–H and O–H groups in total. The molecule has 4 nitrogen and oxygen atoms in total. The Bertz CT molecular complexity index is 446. The van der Waals surface area contributed by atoms with Crippen LogP contribution in [0.4, 0.5) is 11.4 Å². The Kier molecular flexibility index (Phi) is 5.19. The largest absolute Gasteiger partial charge is 0.376 e. The van der Waals surface area contributed by atoms with E-state index in [1.165, 1.54) is 0 Å². The SMILES string of the molecule is C=CCC(N)C(=O)Nc1cc(Cl)ccc1N(C)C. The van der Waals surface area contributed by atoms with Crippen molar-refractivity contribution < 1.29 is 4.79 Å². The second-order valence-corrected chi connectivity index (χ2v) is 4.61. The maximum Gasteiger partial charge on any atom is 0.241 e. The first-order valence-electron chi connectivity index (χ1n) is 5.60. The molecule has 1 amide bonds. The maximum absolute atomic E-state index is 11.8. The number of hydrogen-bond acceptors (Lipinski definition) is 3. The van der Waals surface area contributed by atoms with Crippen LogP contribution in [0, 0.1) is 0 Å². The Balaban J connectivity index is 2.92. The lowest BCUT2D eigenvalue weighted by Gasteiger charge is -2.19. The van der Waals surface area contributed by atoms with Crippen LogP contribution in [-0.2, 0) is 4.79 Å². The number of halogens is 1. The molecule has 5 heteroatoms. The Hall–Kier alpha value is -1.52. The van der Waals surface area contributed by atoms with E-state index in [1.54, 1.807) is 18.2 Å². The van der Waals surface area contributed by atoms with E-state index in [-0.39, 0.29) is 5.91 Å². The van der Waals surface area contributed by atoms with Crippen LogP contribution >= 0.6 is 11.6 Å². The van der Waals surface area contributed by atoms with Crippen LogP contribution < -0.4 is 16.0 Å². The zero-order valence-corrected chi connectivity index (χ0v) is 11.4. The van der Waals surface area contributed by atoms with E-state index in [0.29, 0.717) is 17.1 Å². The van der Waals surface area contributed by atoms with Crippen molar-refractivity contribution in [1.29, 1.82) is 0 Å². The molecule has 1 atom stereocenters. The summed E-state index contributed by atoms with van der Waals surface area (Å²) in [6, 6.07) is 4.72. The predicted octanol–water partition coefficient (Wildman–Crippen LogP) is 2.25. The minimum Gasteiger partial charge on any atom is -0.376 e. The normalized spacial score (nSPS) is 11.8. The molecule has 0 aromatic heterocycles. The van der Waals surface area contributed by atoms with Crippen LogP contribution in [-0.4, -0.2) is 26.0 Å². The van der Waals surface area contributed by atoms with E-state index in [0.717, 1.165) is 5.69 Å². The minimum atomic E-state index is -0.600. The number of anilines is 2. The smallest absolute Gasteiger partial charge is 0.241 e. The number of hydrogen-bond donors (Lipinski definition) is 2. The first-order valence-corrected chi connectivity index (χ1v) is 5.97. The van der Waals surface area contributed by atoms with Crippen LogP contribution in [0.5, 0.6) is 0 Å². The van der Waals surface area contributed by atoms with E-state index >= 15 is 0 Å². The van der Waals surface area contributed by atoms with Gasteiger partial charge in [0.05, 0.1) is 17.4 Å². The third kappa shape index (κ3) is 3.75. The predicted molar refractivity (Wildman–Crippen MR) is 77.2 cm³/mol. The molecular weight excluding hydrogens is 250 g/mol. The monoisotopic (exact) mass is 267 g/mol. The van der Waals surface area contributed by atoms with Crippen molar-refractivity contribution in [3.05, 3.63) is 35.9 Å². The molecule has 1 aromatic carbocycles. The quantitative estimate of drug-likeness (QED) is 0.805. The van der Waals surface area contributed by atoms with Gasteiger partial charge < -0.3 is 16.0 Å². The second kappa shape index (κ2) is 6.42. The van der Waals surface area contributed by atoms with Crippen molar-refractivity contribution >= 4 is 28.9 Å². The van der Waals surface area contributed by atoms with Crippen LogP contribution in [0.3, 0.4) is 0 Å². The highest BCUT2D eigenvalue weighted by molar-refractivity contribution is 6.31. The van der Waals surface area contributed by atoms with Gasteiger partial charge in [0.1, 0.15) is 0 Å². The van der Waals surface area contributed by atoms with Crippen molar-refractivity contribution in [3.8, 4) is 0 Å². The van der Waals surface area contributed by atoms with Gasteiger partial charge >= 0.3 is 0 Å². The lowest BCUT2D eigenvalue weighted by molar-refractivity contribution is -0.117. The molecule has 0 aliphatic carbocycles. The lowest BCUT2D eigenvalue weighted by Crippen LogP contribution is -2.35. The highest BCUT2D eigenvalue weighted by Gasteiger charge is 2.14. The minimum absolute atomic E-state index is 0.250. The van der Waals surface area contributed by atoms with Gasteiger partial charge in [-0.1, -0.05) is 17.7 Å². The van der Waals surface area contributed by atoms with E-state index in [4.69, 9.17) is 17.3 Å². The van der Waals surface area contributed by atoms with E-state index in [9.17, 15) is 4.79 Å². The molecule has 0 aliphatic heterocycles. The van der Waals surface area contributed by atoms with Gasteiger partial charge in [-0.15, -0.1) is 6.58 Å². The number of benzene rings is 1. The number of nitrogens with one attached hydrogen (secondary N) is 1. The molecule has 98 valence electrons. The summed E-state index contributed by atoms with van der Waals surface area (Å²) >= 11 is 5.93. The highest BCUT2D eigenvalue weighted by Crippen LogP contribution is 2.27. The summed E-state index contributed by atoms with van der Waals surface area (Å²) in [5.41, 5.74) is 7.23. The molecule has 0 fully saturated rings. The standard InChI is InChI=1S/C13H18ClN3O/c1-4-5-10(15)13(18)16-11-8-9(14)6-7-12(11)17(2)3/h4,6-8,10H,1,5,15H2,2-3H3,(H,16,18). The molecule has 1 aromatic rings. The summed E-state index contributed by atoms with van der Waals surface area (Å²) in [6.45, 7) is 3.56. The fourth-order valence-electron chi connectivity index (χ4n) is 1.51. The Morgan fingerprint density at radius 1 is 1.61 bits per heavy atom. The van der Waals surface area contributed by atoms with Crippen molar-refractivity contribution in [3.63, 3.8) is 0 Å². The molecule has 0 bridgehead atoms. The van der Waals surface area contributed by atoms with Gasteiger partial charge in [0.15, 0.2) is 0 Å². The third-order valence-electron chi connectivity index (χ3n) is 2.46. The van der Waals surface area contributed by atoms with Crippen LogP contribution in [0.25, 0.3) is 0 Å². The first-order chi connectivity index (χ1) is 8.45. The molecule has 0 spiro atoms. The van der Waals surface area contributed by atoms with Crippen LogP contribution in [0.15, 0.2) is 30.9 Å². The number of amides is 1. The third-order valence-corrected chi connectivity index (χ3v) is 2.69. The summed E-state index contributed by atoms with van der Waals surface area (Å²) in [5.74, 6) is -0.250. The number of carbonyl (C=O) groups excluding carboxylic acids is 1. The number of nitrogens with zero attached hydrogens (tertiary/aromatic N) is 1. The Morgan fingerprint density at radius 3 is 2.83 bits per heavy atom. The molecule has 18 heavy (non-hydrogen) atoms.